The molecule has 0 unspecified atom stereocenters. The zero-order valence-corrected chi connectivity index (χ0v) is 13.5. The molecule has 2 rings (SSSR count). The van der Waals surface area contributed by atoms with Crippen molar-refractivity contribution in [2.75, 3.05) is 6.54 Å². The van der Waals surface area contributed by atoms with Crippen LogP contribution >= 0.6 is 11.6 Å². The first-order valence-electron chi connectivity index (χ1n) is 6.67. The fourth-order valence-electron chi connectivity index (χ4n) is 2.08. The number of rotatable bonds is 6. The Morgan fingerprint density at radius 2 is 2.00 bits per heavy atom. The van der Waals surface area contributed by atoms with Gasteiger partial charge in [-0.15, -0.1) is 0 Å². The molecule has 1 heterocycles. The molecule has 0 radical (unpaired) electrons. The highest BCUT2D eigenvalue weighted by atomic mass is 35.5. The van der Waals surface area contributed by atoms with Crippen molar-refractivity contribution in [2.45, 2.75) is 24.3 Å². The van der Waals surface area contributed by atoms with Crippen LogP contribution in [0.25, 0.3) is 0 Å². The van der Waals surface area contributed by atoms with Crippen LogP contribution < -0.4 is 4.72 Å². The number of hydrogen-bond acceptors (Lipinski definition) is 3. The Labute approximate surface area is 130 Å². The Kier molecular flexibility index (Phi) is 5.03. The molecule has 0 saturated carbocycles. The molecular formula is C14H18ClN3O2S. The van der Waals surface area contributed by atoms with Crippen LogP contribution in [-0.2, 0) is 17.1 Å². The normalized spacial score (nSPS) is 13.3. The van der Waals surface area contributed by atoms with E-state index in [1.54, 1.807) is 7.05 Å². The summed E-state index contributed by atoms with van der Waals surface area (Å²) in [7, 11) is -2.05. The van der Waals surface area contributed by atoms with Crippen LogP contribution in [0.15, 0.2) is 41.7 Å². The Bertz CT molecular complexity index is 698. The highest BCUT2D eigenvalue weighted by molar-refractivity contribution is 7.89. The summed E-state index contributed by atoms with van der Waals surface area (Å²) in [5.74, 6) is 0.114. The number of nitrogens with zero attached hydrogens (tertiary/aromatic N) is 2. The summed E-state index contributed by atoms with van der Waals surface area (Å²) in [5.41, 5.74) is 1.11. The van der Waals surface area contributed by atoms with Gasteiger partial charge in [-0.05, 0) is 17.9 Å². The summed E-state index contributed by atoms with van der Waals surface area (Å²) in [4.78, 5) is 3.84. The van der Waals surface area contributed by atoms with Gasteiger partial charge >= 0.3 is 0 Å². The first-order chi connectivity index (χ1) is 9.95. The van der Waals surface area contributed by atoms with Crippen molar-refractivity contribution in [3.63, 3.8) is 0 Å². The molecule has 1 aromatic heterocycles. The molecule has 0 aliphatic rings. The van der Waals surface area contributed by atoms with Gasteiger partial charge in [0.15, 0.2) is 0 Å². The van der Waals surface area contributed by atoms with Gasteiger partial charge < -0.3 is 4.57 Å². The number of imidazole rings is 1. The molecule has 0 aliphatic heterocycles. The van der Waals surface area contributed by atoms with Gasteiger partial charge in [0.1, 0.15) is 5.15 Å². The van der Waals surface area contributed by atoms with E-state index in [2.05, 4.69) is 9.71 Å². The van der Waals surface area contributed by atoms with E-state index < -0.39 is 10.0 Å². The van der Waals surface area contributed by atoms with Crippen LogP contribution in [0.3, 0.4) is 0 Å². The monoisotopic (exact) mass is 327 g/mol. The van der Waals surface area contributed by atoms with E-state index in [-0.39, 0.29) is 16.1 Å². The molecule has 0 amide bonds. The number of aromatic nitrogens is 2. The van der Waals surface area contributed by atoms with Crippen LogP contribution in [0.1, 0.15) is 24.8 Å². The minimum absolute atomic E-state index is 0.107. The number of aryl methyl sites for hydroxylation is 1. The number of hydrogen-bond donors (Lipinski definition) is 1. The van der Waals surface area contributed by atoms with E-state index in [9.17, 15) is 8.42 Å². The van der Waals surface area contributed by atoms with Crippen molar-refractivity contribution in [1.29, 1.82) is 0 Å². The highest BCUT2D eigenvalue weighted by Gasteiger charge is 2.23. The van der Waals surface area contributed by atoms with E-state index in [0.29, 0.717) is 6.54 Å². The fraction of sp³-hybridized carbons (Fsp3) is 0.357. The van der Waals surface area contributed by atoms with Crippen LogP contribution in [-0.4, -0.2) is 24.5 Å². The lowest BCUT2D eigenvalue weighted by Gasteiger charge is -2.15. The van der Waals surface area contributed by atoms with Gasteiger partial charge in [-0.25, -0.2) is 18.1 Å². The molecule has 2 aromatic rings. The standard InChI is InChI=1S/C14H18ClN3O2S/c1-3-11(12-7-5-4-6-8-12)9-17-21(19,20)14-13(15)18(2)10-16-14/h4-8,10-11,17H,3,9H2,1-2H3/t11-/m0/s1. The Hall–Kier alpha value is -1.37. The lowest BCUT2D eigenvalue weighted by molar-refractivity contribution is 0.563. The minimum atomic E-state index is -3.70. The molecule has 1 N–H and O–H groups in total. The lowest BCUT2D eigenvalue weighted by Crippen LogP contribution is -2.29. The molecule has 21 heavy (non-hydrogen) atoms. The maximum absolute atomic E-state index is 12.2. The molecule has 0 saturated heterocycles. The van der Waals surface area contributed by atoms with Crippen molar-refractivity contribution in [3.05, 3.63) is 47.4 Å². The zero-order chi connectivity index (χ0) is 15.5. The fourth-order valence-corrected chi connectivity index (χ4v) is 3.58. The second-order valence-corrected chi connectivity index (χ2v) is 6.86. The predicted octanol–water partition coefficient (Wildman–Crippen LogP) is 2.55. The van der Waals surface area contributed by atoms with Crippen molar-refractivity contribution in [3.8, 4) is 0 Å². The lowest BCUT2D eigenvalue weighted by atomic mass is 9.97. The molecule has 0 spiro atoms. The quantitative estimate of drug-likeness (QED) is 0.886. The summed E-state index contributed by atoms with van der Waals surface area (Å²) in [6.07, 6.45) is 2.22. The van der Waals surface area contributed by atoms with E-state index in [1.165, 1.54) is 10.9 Å². The van der Waals surface area contributed by atoms with Crippen LogP contribution in [0.2, 0.25) is 5.15 Å². The maximum atomic E-state index is 12.2. The van der Waals surface area contributed by atoms with E-state index >= 15 is 0 Å². The molecule has 114 valence electrons. The Morgan fingerprint density at radius 1 is 1.33 bits per heavy atom. The summed E-state index contributed by atoms with van der Waals surface area (Å²) in [6.45, 7) is 2.34. The largest absolute Gasteiger partial charge is 0.324 e. The molecule has 1 aromatic carbocycles. The van der Waals surface area contributed by atoms with Gasteiger partial charge in [-0.1, -0.05) is 48.9 Å². The summed E-state index contributed by atoms with van der Waals surface area (Å²) < 4.78 is 28.5. The summed E-state index contributed by atoms with van der Waals surface area (Å²) in [5, 5.41) is -0.0233. The molecule has 7 heteroatoms. The first kappa shape index (κ1) is 16.0. The minimum Gasteiger partial charge on any atom is -0.324 e. The first-order valence-corrected chi connectivity index (χ1v) is 8.53. The SMILES string of the molecule is CC[C@@H](CNS(=O)(=O)c1ncn(C)c1Cl)c1ccccc1. The number of nitrogens with one attached hydrogen (secondary N) is 1. The van der Waals surface area contributed by atoms with Crippen molar-refractivity contribution in [1.82, 2.24) is 14.3 Å². The van der Waals surface area contributed by atoms with Crippen molar-refractivity contribution < 1.29 is 8.42 Å². The average molecular weight is 328 g/mol. The van der Waals surface area contributed by atoms with Crippen LogP contribution in [0.4, 0.5) is 0 Å². The van der Waals surface area contributed by atoms with Crippen LogP contribution in [0.5, 0.6) is 0 Å². The van der Waals surface area contributed by atoms with E-state index in [0.717, 1.165) is 12.0 Å². The third-order valence-electron chi connectivity index (χ3n) is 3.37. The molecule has 0 aliphatic carbocycles. The van der Waals surface area contributed by atoms with Crippen LogP contribution in [0, 0.1) is 0 Å². The highest BCUT2D eigenvalue weighted by Crippen LogP contribution is 2.21. The van der Waals surface area contributed by atoms with Crippen molar-refractivity contribution in [2.24, 2.45) is 7.05 Å². The maximum Gasteiger partial charge on any atom is 0.261 e. The zero-order valence-electron chi connectivity index (χ0n) is 12.0. The van der Waals surface area contributed by atoms with Gasteiger partial charge in [0.05, 0.1) is 6.33 Å². The molecule has 0 bridgehead atoms. The number of benzene rings is 1. The van der Waals surface area contributed by atoms with Gasteiger partial charge in [0.25, 0.3) is 10.0 Å². The summed E-state index contributed by atoms with van der Waals surface area (Å²) in [6, 6.07) is 9.82. The second-order valence-electron chi connectivity index (χ2n) is 4.82. The molecule has 0 fully saturated rings. The third kappa shape index (κ3) is 3.64. The predicted molar refractivity (Wildman–Crippen MR) is 82.9 cm³/mol. The Balaban J connectivity index is 2.13. The second kappa shape index (κ2) is 6.60. The average Bonchev–Trinajstić information content (AvgIpc) is 2.81. The van der Waals surface area contributed by atoms with E-state index in [1.807, 2.05) is 37.3 Å². The number of halogens is 1. The van der Waals surface area contributed by atoms with Crippen molar-refractivity contribution >= 4 is 21.6 Å². The van der Waals surface area contributed by atoms with E-state index in [4.69, 9.17) is 11.6 Å². The third-order valence-corrected chi connectivity index (χ3v) is 5.28. The Morgan fingerprint density at radius 3 is 2.52 bits per heavy atom. The molecule has 1 atom stereocenters. The van der Waals surface area contributed by atoms with Gasteiger partial charge in [0, 0.05) is 13.6 Å². The molecular weight excluding hydrogens is 310 g/mol. The smallest absolute Gasteiger partial charge is 0.261 e. The van der Waals surface area contributed by atoms with Gasteiger partial charge in [0.2, 0.25) is 5.03 Å². The number of sulfonamides is 1. The summed E-state index contributed by atoms with van der Waals surface area (Å²) >= 11 is 5.94. The molecule has 5 nitrogen and oxygen atoms in total. The van der Waals surface area contributed by atoms with Gasteiger partial charge in [-0.3, -0.25) is 0 Å². The van der Waals surface area contributed by atoms with Gasteiger partial charge in [-0.2, -0.15) is 0 Å². The topological polar surface area (TPSA) is 64.0 Å².